The molecule has 0 saturated carbocycles. The molecule has 1 aromatic heterocycles. The van der Waals surface area contributed by atoms with Crippen molar-refractivity contribution in [3.05, 3.63) is 63.1 Å². The molecular formula is C21H23BrN4O2. The van der Waals surface area contributed by atoms with Gasteiger partial charge in [0.25, 0.3) is 5.56 Å². The number of benzene rings is 2. The van der Waals surface area contributed by atoms with Gasteiger partial charge in [0.1, 0.15) is 17.3 Å². The smallest absolute Gasteiger partial charge is 0.266 e. The average Bonchev–Trinajstić information content (AvgIpc) is 2.71. The first-order valence-corrected chi connectivity index (χ1v) is 10.3. The summed E-state index contributed by atoms with van der Waals surface area (Å²) in [6.07, 6.45) is 0. The van der Waals surface area contributed by atoms with Crippen LogP contribution in [-0.2, 0) is 6.54 Å². The molecule has 146 valence electrons. The van der Waals surface area contributed by atoms with Crippen LogP contribution < -0.4 is 15.6 Å². The number of nitrogens with one attached hydrogen (secondary N) is 1. The number of aromatic nitrogens is 2. The van der Waals surface area contributed by atoms with Gasteiger partial charge in [-0.2, -0.15) is 0 Å². The molecule has 0 radical (unpaired) electrons. The van der Waals surface area contributed by atoms with Crippen molar-refractivity contribution in [3.63, 3.8) is 0 Å². The fraction of sp³-hybridized carbons (Fsp3) is 0.333. The Kier molecular flexibility index (Phi) is 5.75. The molecule has 6 nitrogen and oxygen atoms in total. The third-order valence-electron chi connectivity index (χ3n) is 4.89. The second kappa shape index (κ2) is 8.43. The zero-order valence-electron chi connectivity index (χ0n) is 15.8. The highest BCUT2D eigenvalue weighted by atomic mass is 79.9. The zero-order valence-corrected chi connectivity index (χ0v) is 17.4. The Bertz CT molecular complexity index is 1040. The third kappa shape index (κ3) is 3.70. The highest BCUT2D eigenvalue weighted by Crippen LogP contribution is 2.31. The normalized spacial score (nSPS) is 15.1. The van der Waals surface area contributed by atoms with Gasteiger partial charge >= 0.3 is 0 Å². The summed E-state index contributed by atoms with van der Waals surface area (Å²) in [6.45, 7) is 6.80. The number of nitrogens with zero attached hydrogens (tertiary/aromatic N) is 3. The van der Waals surface area contributed by atoms with Crippen molar-refractivity contribution < 1.29 is 4.74 Å². The first-order valence-electron chi connectivity index (χ1n) is 9.54. The standard InChI is InChI=1S/C21H23BrN4O2/c1-2-28-18-9-5-7-16(22)20(18)26-19(14-25-12-10-23-11-13-25)24-17-8-4-3-6-15(17)21(26)27/h3-9,23H,2,10-14H2,1H3. The van der Waals surface area contributed by atoms with Crippen molar-refractivity contribution >= 4 is 26.8 Å². The minimum Gasteiger partial charge on any atom is -0.492 e. The van der Waals surface area contributed by atoms with E-state index in [-0.39, 0.29) is 5.56 Å². The maximum atomic E-state index is 13.5. The number of fused-ring (bicyclic) bond motifs is 1. The van der Waals surface area contributed by atoms with E-state index < -0.39 is 0 Å². The average molecular weight is 443 g/mol. The molecule has 7 heteroatoms. The summed E-state index contributed by atoms with van der Waals surface area (Å²) >= 11 is 3.62. The lowest BCUT2D eigenvalue weighted by Crippen LogP contribution is -2.44. The van der Waals surface area contributed by atoms with E-state index in [0.717, 1.165) is 42.0 Å². The summed E-state index contributed by atoms with van der Waals surface area (Å²) in [5.41, 5.74) is 1.35. The molecule has 0 bridgehead atoms. The van der Waals surface area contributed by atoms with Crippen LogP contribution in [0.3, 0.4) is 0 Å². The Morgan fingerprint density at radius 2 is 1.93 bits per heavy atom. The Hall–Kier alpha value is -2.22. The lowest BCUT2D eigenvalue weighted by atomic mass is 10.2. The Balaban J connectivity index is 1.94. The van der Waals surface area contributed by atoms with Gasteiger partial charge in [-0.3, -0.25) is 14.3 Å². The quantitative estimate of drug-likeness (QED) is 0.657. The SMILES string of the molecule is CCOc1cccc(Br)c1-n1c(CN2CCNCC2)nc2ccccc2c1=O. The number of para-hydroxylation sites is 2. The molecule has 1 N–H and O–H groups in total. The topological polar surface area (TPSA) is 59.4 Å². The lowest BCUT2D eigenvalue weighted by Gasteiger charge is -2.28. The molecule has 2 aromatic carbocycles. The molecule has 1 saturated heterocycles. The monoisotopic (exact) mass is 442 g/mol. The third-order valence-corrected chi connectivity index (χ3v) is 5.53. The van der Waals surface area contributed by atoms with Crippen molar-refractivity contribution in [2.24, 2.45) is 0 Å². The summed E-state index contributed by atoms with van der Waals surface area (Å²) in [4.78, 5) is 20.7. The molecule has 4 rings (SSSR count). The molecule has 0 unspecified atom stereocenters. The highest BCUT2D eigenvalue weighted by Gasteiger charge is 2.21. The molecule has 1 fully saturated rings. The molecule has 2 heterocycles. The summed E-state index contributed by atoms with van der Waals surface area (Å²) in [6, 6.07) is 13.2. The summed E-state index contributed by atoms with van der Waals surface area (Å²) in [5.74, 6) is 1.39. The van der Waals surface area contributed by atoms with E-state index >= 15 is 0 Å². The maximum Gasteiger partial charge on any atom is 0.266 e. The van der Waals surface area contributed by atoms with Gasteiger partial charge in [0.05, 0.1) is 24.1 Å². The van der Waals surface area contributed by atoms with Gasteiger partial charge < -0.3 is 10.1 Å². The predicted octanol–water partition coefficient (Wildman–Crippen LogP) is 2.95. The first-order chi connectivity index (χ1) is 13.7. The molecule has 3 aromatic rings. The number of ether oxygens (including phenoxy) is 1. The first kappa shape index (κ1) is 19.1. The van der Waals surface area contributed by atoms with Gasteiger partial charge in [-0.1, -0.05) is 18.2 Å². The van der Waals surface area contributed by atoms with Gasteiger partial charge in [0.15, 0.2) is 0 Å². The van der Waals surface area contributed by atoms with Crippen molar-refractivity contribution in [1.29, 1.82) is 0 Å². The van der Waals surface area contributed by atoms with Crippen LogP contribution in [0, 0.1) is 0 Å². The van der Waals surface area contributed by atoms with Crippen LogP contribution in [-0.4, -0.2) is 47.2 Å². The molecule has 28 heavy (non-hydrogen) atoms. The van der Waals surface area contributed by atoms with E-state index in [4.69, 9.17) is 9.72 Å². The van der Waals surface area contributed by atoms with Crippen LogP contribution >= 0.6 is 15.9 Å². The van der Waals surface area contributed by atoms with Gasteiger partial charge in [0.2, 0.25) is 0 Å². The van der Waals surface area contributed by atoms with E-state index in [1.165, 1.54) is 0 Å². The van der Waals surface area contributed by atoms with Gasteiger partial charge in [0, 0.05) is 30.7 Å². The Morgan fingerprint density at radius 3 is 2.71 bits per heavy atom. The van der Waals surface area contributed by atoms with Gasteiger partial charge in [-0.05, 0) is 47.1 Å². The Labute approximate surface area is 172 Å². The molecule has 0 aliphatic carbocycles. The minimum absolute atomic E-state index is 0.0800. The maximum absolute atomic E-state index is 13.5. The number of halogens is 1. The van der Waals surface area contributed by atoms with Crippen LogP contribution in [0.5, 0.6) is 5.75 Å². The Morgan fingerprint density at radius 1 is 1.14 bits per heavy atom. The molecular weight excluding hydrogens is 420 g/mol. The van der Waals surface area contributed by atoms with E-state index in [2.05, 4.69) is 26.1 Å². The summed E-state index contributed by atoms with van der Waals surface area (Å²) in [7, 11) is 0. The highest BCUT2D eigenvalue weighted by molar-refractivity contribution is 9.10. The second-order valence-corrected chi connectivity index (χ2v) is 7.59. The largest absolute Gasteiger partial charge is 0.492 e. The zero-order chi connectivity index (χ0) is 19.5. The van der Waals surface area contributed by atoms with Crippen molar-refractivity contribution in [1.82, 2.24) is 19.8 Å². The minimum atomic E-state index is -0.0800. The van der Waals surface area contributed by atoms with Crippen molar-refractivity contribution in [2.45, 2.75) is 13.5 Å². The van der Waals surface area contributed by atoms with Gasteiger partial charge in [-0.25, -0.2) is 4.98 Å². The number of rotatable bonds is 5. The number of hydrogen-bond acceptors (Lipinski definition) is 5. The second-order valence-electron chi connectivity index (χ2n) is 6.73. The summed E-state index contributed by atoms with van der Waals surface area (Å²) in [5, 5.41) is 3.97. The molecule has 0 spiro atoms. The van der Waals surface area contributed by atoms with E-state index in [1.807, 2.05) is 49.4 Å². The van der Waals surface area contributed by atoms with Crippen LogP contribution in [0.25, 0.3) is 16.6 Å². The van der Waals surface area contributed by atoms with Crippen LogP contribution in [0.4, 0.5) is 0 Å². The van der Waals surface area contributed by atoms with Crippen LogP contribution in [0.15, 0.2) is 51.7 Å². The van der Waals surface area contributed by atoms with Crippen molar-refractivity contribution in [2.75, 3.05) is 32.8 Å². The predicted molar refractivity (Wildman–Crippen MR) is 114 cm³/mol. The number of piperazine rings is 1. The number of hydrogen-bond donors (Lipinski definition) is 1. The van der Waals surface area contributed by atoms with Crippen molar-refractivity contribution in [3.8, 4) is 11.4 Å². The lowest BCUT2D eigenvalue weighted by molar-refractivity contribution is 0.226. The fourth-order valence-electron chi connectivity index (χ4n) is 3.57. The summed E-state index contributed by atoms with van der Waals surface area (Å²) < 4.78 is 8.36. The fourth-order valence-corrected chi connectivity index (χ4v) is 4.09. The molecule has 0 atom stereocenters. The van der Waals surface area contributed by atoms with Gasteiger partial charge in [-0.15, -0.1) is 0 Å². The molecule has 1 aliphatic rings. The van der Waals surface area contributed by atoms with Crippen LogP contribution in [0.1, 0.15) is 12.7 Å². The molecule has 1 aliphatic heterocycles. The van der Waals surface area contributed by atoms with Crippen LogP contribution in [0.2, 0.25) is 0 Å². The van der Waals surface area contributed by atoms with E-state index in [0.29, 0.717) is 30.0 Å². The van der Waals surface area contributed by atoms with E-state index in [1.54, 1.807) is 4.57 Å². The molecule has 0 amide bonds. The van der Waals surface area contributed by atoms with E-state index in [9.17, 15) is 4.79 Å².